The molecule has 0 aromatic heterocycles. The molecule has 24 heavy (non-hydrogen) atoms. The summed E-state index contributed by atoms with van der Waals surface area (Å²) in [6.45, 7) is 6.94. The Kier molecular flexibility index (Phi) is 13.7. The molecule has 0 N–H and O–H groups in total. The fraction of sp³-hybridized carbons (Fsp3) is 1.00. The fourth-order valence-electron chi connectivity index (χ4n) is 4.37. The molecule has 0 saturated carbocycles. The first-order valence-electron chi connectivity index (χ1n) is 11.4. The third-order valence-electron chi connectivity index (χ3n) is 5.93. The summed E-state index contributed by atoms with van der Waals surface area (Å²) in [7, 11) is 0. The molecular weight excluding hydrogens is 307 g/mol. The zero-order chi connectivity index (χ0) is 17.5. The van der Waals surface area contributed by atoms with Gasteiger partial charge in [-0.25, -0.2) is 0 Å². The number of hydrogen-bond acceptors (Lipinski definition) is 1. The summed E-state index contributed by atoms with van der Waals surface area (Å²) in [6.07, 6.45) is 22.3. The molecule has 0 aromatic carbocycles. The van der Waals surface area contributed by atoms with E-state index in [1.807, 2.05) is 0 Å². The molecule has 0 aliphatic carbocycles. The minimum atomic E-state index is -0.911. The van der Waals surface area contributed by atoms with Crippen LogP contribution in [0.2, 0.25) is 10.6 Å². The van der Waals surface area contributed by atoms with Gasteiger partial charge in [0.2, 0.25) is 0 Å². The Morgan fingerprint density at radius 2 is 1.25 bits per heavy atom. The second-order valence-corrected chi connectivity index (χ2v) is 10.9. The number of hydrogen-bond donors (Lipinski definition) is 0. The van der Waals surface area contributed by atoms with Gasteiger partial charge in [-0.15, -0.1) is 0 Å². The van der Waals surface area contributed by atoms with Gasteiger partial charge in [-0.3, -0.25) is 0 Å². The van der Waals surface area contributed by atoms with Crippen LogP contribution in [-0.2, 0) is 3.79 Å². The van der Waals surface area contributed by atoms with Crippen LogP contribution in [0.25, 0.3) is 0 Å². The monoisotopic (exact) mass is 352 g/mol. The Labute approximate surface area is 158 Å². The van der Waals surface area contributed by atoms with Crippen LogP contribution in [0, 0.1) is 0 Å². The summed E-state index contributed by atoms with van der Waals surface area (Å²) in [5, 5.41) is 2.91. The molecule has 1 heterocycles. The van der Waals surface area contributed by atoms with Gasteiger partial charge in [-0.05, 0) is 19.3 Å². The molecule has 1 aliphatic rings. The van der Waals surface area contributed by atoms with Crippen LogP contribution >= 0.6 is 0 Å². The molecule has 0 radical (unpaired) electrons. The van der Waals surface area contributed by atoms with E-state index in [2.05, 4.69) is 20.8 Å². The van der Waals surface area contributed by atoms with Crippen LogP contribution in [0.1, 0.15) is 124 Å². The minimum absolute atomic E-state index is 0.307. The van der Waals surface area contributed by atoms with E-state index in [1.165, 1.54) is 113 Å². The lowest BCUT2D eigenvalue weighted by Crippen LogP contribution is -2.42. The van der Waals surface area contributed by atoms with Crippen molar-refractivity contribution in [1.29, 1.82) is 0 Å². The van der Waals surface area contributed by atoms with Crippen molar-refractivity contribution in [1.82, 2.24) is 0 Å². The van der Waals surface area contributed by atoms with Crippen molar-refractivity contribution in [2.24, 2.45) is 0 Å². The Balaban J connectivity index is 2.44. The average molecular weight is 353 g/mol. The first kappa shape index (κ1) is 22.5. The summed E-state index contributed by atoms with van der Waals surface area (Å²) < 4.78 is 6.95. The van der Waals surface area contributed by atoms with Gasteiger partial charge >= 0.3 is 14.5 Å². The van der Waals surface area contributed by atoms with Crippen molar-refractivity contribution < 1.29 is 3.79 Å². The highest BCUT2D eigenvalue weighted by molar-refractivity contribution is 6.52. The quantitative estimate of drug-likeness (QED) is 0.214. The Morgan fingerprint density at radius 3 is 1.79 bits per heavy atom. The van der Waals surface area contributed by atoms with Crippen LogP contribution in [0.15, 0.2) is 0 Å². The van der Waals surface area contributed by atoms with Crippen molar-refractivity contribution in [3.8, 4) is 0 Å². The summed E-state index contributed by atoms with van der Waals surface area (Å²) in [6, 6.07) is 0. The van der Waals surface area contributed by atoms with E-state index in [-0.39, 0.29) is 0 Å². The van der Waals surface area contributed by atoms with E-state index in [4.69, 9.17) is 3.79 Å². The van der Waals surface area contributed by atoms with E-state index in [1.54, 1.807) is 0 Å². The lowest BCUT2D eigenvalue weighted by molar-refractivity contribution is 0.0188. The van der Waals surface area contributed by atoms with Crippen LogP contribution < -0.4 is 0 Å². The topological polar surface area (TPSA) is 9.23 Å². The Bertz CT molecular complexity index is 267. The second kappa shape index (κ2) is 14.6. The first-order valence-corrected chi connectivity index (χ1v) is 13.5. The molecule has 0 unspecified atom stereocenters. The van der Waals surface area contributed by atoms with E-state index >= 15 is 0 Å². The first-order chi connectivity index (χ1) is 11.8. The molecule has 0 aromatic rings. The van der Waals surface area contributed by atoms with E-state index < -0.39 is 14.5 Å². The maximum Gasteiger partial charge on any atom is 0.461 e. The average Bonchev–Trinajstić information content (AvgIpc) is 2.60. The van der Waals surface area contributed by atoms with Crippen LogP contribution in [0.3, 0.4) is 0 Å². The molecular formula is C22H45AlO. The molecule has 1 fully saturated rings. The van der Waals surface area contributed by atoms with Crippen LogP contribution in [0.4, 0.5) is 0 Å². The number of unbranched alkanes of at least 4 members (excludes halogenated alkanes) is 9. The molecule has 1 saturated heterocycles. The van der Waals surface area contributed by atoms with E-state index in [0.29, 0.717) is 5.60 Å². The van der Waals surface area contributed by atoms with Crippen molar-refractivity contribution in [3.63, 3.8) is 0 Å². The third-order valence-corrected chi connectivity index (χ3v) is 8.86. The molecule has 142 valence electrons. The standard InChI is InChI=1S/C16H32O.C6H13.Al/c1-4-7-9-11-14-16(17,13-6-3)15-12-10-8-5-2;1-3-5-6-4-2;/h3-15H2,1-2H3;1,3-6H2,2H3;/q-1;;+1. The molecule has 0 amide bonds. The van der Waals surface area contributed by atoms with Gasteiger partial charge in [0.25, 0.3) is 0 Å². The summed E-state index contributed by atoms with van der Waals surface area (Å²) in [5.41, 5.74) is 0.307. The molecule has 1 nitrogen and oxygen atoms in total. The molecule has 0 bridgehead atoms. The SMILES string of the molecule is CCCCC[CH2][Al]1[CH2]CCC(CCCCCC)(CCCCCC)[O]1. The second-order valence-electron chi connectivity index (χ2n) is 8.29. The highest BCUT2D eigenvalue weighted by Crippen LogP contribution is 2.38. The zero-order valence-electron chi connectivity index (χ0n) is 17.2. The van der Waals surface area contributed by atoms with Crippen molar-refractivity contribution >= 4 is 14.5 Å². The van der Waals surface area contributed by atoms with Gasteiger partial charge in [-0.2, -0.15) is 0 Å². The summed E-state index contributed by atoms with van der Waals surface area (Å²) in [4.78, 5) is 0. The lowest BCUT2D eigenvalue weighted by Gasteiger charge is -2.42. The molecule has 1 aliphatic heterocycles. The predicted molar refractivity (Wildman–Crippen MR) is 110 cm³/mol. The van der Waals surface area contributed by atoms with E-state index in [9.17, 15) is 0 Å². The van der Waals surface area contributed by atoms with Crippen molar-refractivity contribution in [2.45, 2.75) is 140 Å². The van der Waals surface area contributed by atoms with Gasteiger partial charge in [0.1, 0.15) is 0 Å². The third kappa shape index (κ3) is 9.84. The molecule has 2 heteroatoms. The maximum atomic E-state index is 6.95. The van der Waals surface area contributed by atoms with Gasteiger partial charge in [0, 0.05) is 5.60 Å². The Morgan fingerprint density at radius 1 is 0.708 bits per heavy atom. The van der Waals surface area contributed by atoms with Gasteiger partial charge in [0.15, 0.2) is 0 Å². The largest absolute Gasteiger partial charge is 0.496 e. The molecule has 0 spiro atoms. The summed E-state index contributed by atoms with van der Waals surface area (Å²) >= 11 is -0.911. The minimum Gasteiger partial charge on any atom is -0.496 e. The van der Waals surface area contributed by atoms with Crippen molar-refractivity contribution in [2.75, 3.05) is 0 Å². The highest BCUT2D eigenvalue weighted by Gasteiger charge is 2.38. The normalized spacial score (nSPS) is 17.4. The fourth-order valence-corrected chi connectivity index (χ4v) is 7.35. The number of rotatable bonds is 15. The molecule has 0 atom stereocenters. The van der Waals surface area contributed by atoms with Crippen molar-refractivity contribution in [3.05, 3.63) is 0 Å². The van der Waals surface area contributed by atoms with Gasteiger partial charge < -0.3 is 3.79 Å². The predicted octanol–water partition coefficient (Wildman–Crippen LogP) is 8.05. The highest BCUT2D eigenvalue weighted by atomic mass is 27.2. The smallest absolute Gasteiger partial charge is 0.461 e. The van der Waals surface area contributed by atoms with Gasteiger partial charge in [0.05, 0.1) is 0 Å². The van der Waals surface area contributed by atoms with Crippen LogP contribution in [-0.4, -0.2) is 20.1 Å². The summed E-state index contributed by atoms with van der Waals surface area (Å²) in [5.74, 6) is 0. The Hall–Kier alpha value is 0.492. The zero-order valence-corrected chi connectivity index (χ0v) is 18.4. The molecule has 1 rings (SSSR count). The van der Waals surface area contributed by atoms with E-state index in [0.717, 1.165) is 0 Å². The van der Waals surface area contributed by atoms with Crippen LogP contribution in [0.5, 0.6) is 0 Å². The van der Waals surface area contributed by atoms with Gasteiger partial charge in [-0.1, -0.05) is 115 Å². The maximum absolute atomic E-state index is 6.95. The lowest BCUT2D eigenvalue weighted by atomic mass is 9.86.